The minimum atomic E-state index is 0.694. The molecule has 0 aliphatic rings. The van der Waals surface area contributed by atoms with Crippen molar-refractivity contribution >= 4 is 0 Å². The molecule has 0 radical (unpaired) electrons. The van der Waals surface area contributed by atoms with Crippen LogP contribution in [0.1, 0.15) is 63.5 Å². The first-order valence-corrected chi connectivity index (χ1v) is 7.57. The van der Waals surface area contributed by atoms with E-state index in [1.165, 1.54) is 49.8 Å². The van der Waals surface area contributed by atoms with E-state index in [0.717, 1.165) is 6.54 Å². The number of benzene rings is 1. The molecule has 1 aromatic rings. The van der Waals surface area contributed by atoms with Gasteiger partial charge >= 0.3 is 0 Å². The van der Waals surface area contributed by atoms with Crippen molar-refractivity contribution in [2.24, 2.45) is 0 Å². The largest absolute Gasteiger partial charge is 0.317 e. The maximum atomic E-state index is 3.37. The maximum Gasteiger partial charge on any atom is -0.00490 e. The van der Waals surface area contributed by atoms with Crippen LogP contribution in [-0.2, 0) is 6.42 Å². The summed E-state index contributed by atoms with van der Waals surface area (Å²) in [4.78, 5) is 0. The molecule has 18 heavy (non-hydrogen) atoms. The summed E-state index contributed by atoms with van der Waals surface area (Å²) in [6.45, 7) is 8.98. The summed E-state index contributed by atoms with van der Waals surface area (Å²) in [5, 5.41) is 3.37. The van der Waals surface area contributed by atoms with E-state index >= 15 is 0 Å². The Bertz CT molecular complexity index is 302. The minimum Gasteiger partial charge on any atom is -0.317 e. The van der Waals surface area contributed by atoms with Gasteiger partial charge in [0.1, 0.15) is 0 Å². The molecule has 0 amide bonds. The van der Waals surface area contributed by atoms with Crippen LogP contribution >= 0.6 is 0 Å². The fourth-order valence-corrected chi connectivity index (χ4v) is 2.18. The van der Waals surface area contributed by atoms with Crippen molar-refractivity contribution in [3.63, 3.8) is 0 Å². The van der Waals surface area contributed by atoms with Gasteiger partial charge in [0, 0.05) is 0 Å². The summed E-state index contributed by atoms with van der Waals surface area (Å²) in [5.74, 6) is 0.694. The Hall–Kier alpha value is -0.820. The van der Waals surface area contributed by atoms with E-state index in [4.69, 9.17) is 0 Å². The molecule has 1 unspecified atom stereocenters. The Kier molecular flexibility index (Phi) is 7.75. The monoisotopic (exact) mass is 247 g/mol. The lowest BCUT2D eigenvalue weighted by molar-refractivity contribution is 0.616. The van der Waals surface area contributed by atoms with Crippen LogP contribution in [0, 0.1) is 0 Å². The van der Waals surface area contributed by atoms with Gasteiger partial charge in [0.05, 0.1) is 0 Å². The Morgan fingerprint density at radius 3 is 2.33 bits per heavy atom. The van der Waals surface area contributed by atoms with Gasteiger partial charge in [-0.2, -0.15) is 0 Å². The first kappa shape index (κ1) is 15.2. The molecule has 0 bridgehead atoms. The number of unbranched alkanes of at least 4 members (excludes halogenated alkanes) is 2. The van der Waals surface area contributed by atoms with E-state index in [9.17, 15) is 0 Å². The smallest absolute Gasteiger partial charge is 0.00490 e. The highest BCUT2D eigenvalue weighted by molar-refractivity contribution is 5.25. The number of rotatable bonds is 9. The molecule has 0 aliphatic carbocycles. The van der Waals surface area contributed by atoms with Gasteiger partial charge in [0.25, 0.3) is 0 Å². The molecule has 0 aromatic heterocycles. The van der Waals surface area contributed by atoms with Gasteiger partial charge in [-0.05, 0) is 55.8 Å². The normalized spacial score (nSPS) is 12.6. The fourth-order valence-electron chi connectivity index (χ4n) is 2.18. The summed E-state index contributed by atoms with van der Waals surface area (Å²) in [6, 6.07) is 9.24. The molecule has 0 saturated carbocycles. The highest BCUT2D eigenvalue weighted by atomic mass is 14.8. The van der Waals surface area contributed by atoms with Crippen LogP contribution in [0.5, 0.6) is 0 Å². The molecule has 1 N–H and O–H groups in total. The minimum absolute atomic E-state index is 0.694. The molecule has 0 heterocycles. The Balaban J connectivity index is 2.22. The Labute approximate surface area is 113 Å². The fraction of sp³-hybridized carbons (Fsp3) is 0.647. The van der Waals surface area contributed by atoms with E-state index in [2.05, 4.69) is 50.4 Å². The summed E-state index contributed by atoms with van der Waals surface area (Å²) >= 11 is 0. The van der Waals surface area contributed by atoms with E-state index in [-0.39, 0.29) is 0 Å². The molecular weight excluding hydrogens is 218 g/mol. The summed E-state index contributed by atoms with van der Waals surface area (Å²) in [5.41, 5.74) is 2.97. The predicted molar refractivity (Wildman–Crippen MR) is 81.2 cm³/mol. The van der Waals surface area contributed by atoms with Crippen LogP contribution in [0.3, 0.4) is 0 Å². The van der Waals surface area contributed by atoms with E-state index in [1.807, 2.05) is 0 Å². The molecular formula is C17H29N. The Morgan fingerprint density at radius 1 is 1.00 bits per heavy atom. The predicted octanol–water partition coefficient (Wildman–Crippen LogP) is 4.52. The summed E-state index contributed by atoms with van der Waals surface area (Å²) in [6.07, 6.45) is 6.41. The van der Waals surface area contributed by atoms with Crippen molar-refractivity contribution < 1.29 is 0 Å². The molecule has 1 nitrogen and oxygen atoms in total. The van der Waals surface area contributed by atoms with E-state index in [1.54, 1.807) is 0 Å². The van der Waals surface area contributed by atoms with Gasteiger partial charge < -0.3 is 5.32 Å². The van der Waals surface area contributed by atoms with Crippen LogP contribution in [0.25, 0.3) is 0 Å². The van der Waals surface area contributed by atoms with Crippen LogP contribution in [0.4, 0.5) is 0 Å². The first-order valence-electron chi connectivity index (χ1n) is 7.57. The zero-order valence-electron chi connectivity index (χ0n) is 12.3. The van der Waals surface area contributed by atoms with Gasteiger partial charge in [-0.1, -0.05) is 51.5 Å². The van der Waals surface area contributed by atoms with Crippen LogP contribution in [0.15, 0.2) is 24.3 Å². The number of hydrogen-bond donors (Lipinski definition) is 1. The second kappa shape index (κ2) is 9.16. The van der Waals surface area contributed by atoms with Crippen LogP contribution < -0.4 is 5.32 Å². The lowest BCUT2D eigenvalue weighted by atomic mass is 9.96. The van der Waals surface area contributed by atoms with E-state index in [0.29, 0.717) is 5.92 Å². The van der Waals surface area contributed by atoms with Gasteiger partial charge in [-0.25, -0.2) is 0 Å². The molecule has 0 saturated heterocycles. The molecule has 102 valence electrons. The molecule has 1 rings (SSSR count). The summed E-state index contributed by atoms with van der Waals surface area (Å²) in [7, 11) is 0. The quantitative estimate of drug-likeness (QED) is 0.633. The third-order valence-corrected chi connectivity index (χ3v) is 3.73. The van der Waals surface area contributed by atoms with Crippen molar-refractivity contribution in [3.05, 3.63) is 35.4 Å². The third kappa shape index (κ3) is 5.68. The maximum absolute atomic E-state index is 3.37. The van der Waals surface area contributed by atoms with Crippen molar-refractivity contribution in [1.82, 2.24) is 5.32 Å². The zero-order chi connectivity index (χ0) is 13.2. The SMILES string of the molecule is CCNCCCCCc1ccc(C(C)CC)cc1. The topological polar surface area (TPSA) is 12.0 Å². The molecule has 0 fully saturated rings. The van der Waals surface area contributed by atoms with Crippen molar-refractivity contribution in [1.29, 1.82) is 0 Å². The standard InChI is InChI=1S/C17H29N/c1-4-15(3)17-12-10-16(11-13-17)9-7-6-8-14-18-5-2/h10-13,15,18H,4-9,14H2,1-3H3. The third-order valence-electron chi connectivity index (χ3n) is 3.73. The first-order chi connectivity index (χ1) is 8.77. The van der Waals surface area contributed by atoms with E-state index < -0.39 is 0 Å². The molecule has 1 aromatic carbocycles. The average molecular weight is 247 g/mol. The highest BCUT2D eigenvalue weighted by Crippen LogP contribution is 2.19. The lowest BCUT2D eigenvalue weighted by Gasteiger charge is -2.09. The number of aryl methyl sites for hydroxylation is 1. The molecule has 0 spiro atoms. The summed E-state index contributed by atoms with van der Waals surface area (Å²) < 4.78 is 0. The van der Waals surface area contributed by atoms with Gasteiger partial charge in [-0.3, -0.25) is 0 Å². The zero-order valence-corrected chi connectivity index (χ0v) is 12.3. The molecule has 0 aliphatic heterocycles. The van der Waals surface area contributed by atoms with Gasteiger partial charge in [-0.15, -0.1) is 0 Å². The van der Waals surface area contributed by atoms with Crippen molar-refractivity contribution in [2.45, 2.75) is 58.8 Å². The van der Waals surface area contributed by atoms with Gasteiger partial charge in [0.2, 0.25) is 0 Å². The van der Waals surface area contributed by atoms with Crippen LogP contribution in [-0.4, -0.2) is 13.1 Å². The van der Waals surface area contributed by atoms with Gasteiger partial charge in [0.15, 0.2) is 0 Å². The average Bonchev–Trinajstić information content (AvgIpc) is 2.42. The Morgan fingerprint density at radius 2 is 1.72 bits per heavy atom. The van der Waals surface area contributed by atoms with Crippen molar-refractivity contribution in [3.8, 4) is 0 Å². The molecule has 1 heteroatoms. The number of hydrogen-bond acceptors (Lipinski definition) is 1. The molecule has 1 atom stereocenters. The second-order valence-corrected chi connectivity index (χ2v) is 5.22. The second-order valence-electron chi connectivity index (χ2n) is 5.22. The van der Waals surface area contributed by atoms with Crippen molar-refractivity contribution in [2.75, 3.05) is 13.1 Å². The highest BCUT2D eigenvalue weighted by Gasteiger charge is 2.02. The lowest BCUT2D eigenvalue weighted by Crippen LogP contribution is -2.13. The number of nitrogens with one attached hydrogen (secondary N) is 1. The van der Waals surface area contributed by atoms with Crippen LogP contribution in [0.2, 0.25) is 0 Å².